The van der Waals surface area contributed by atoms with E-state index in [1.54, 1.807) is 17.8 Å². The van der Waals surface area contributed by atoms with Crippen molar-refractivity contribution in [2.75, 3.05) is 0 Å². The van der Waals surface area contributed by atoms with Crippen molar-refractivity contribution in [2.45, 2.75) is 54.8 Å². The molecule has 1 aromatic carbocycles. The summed E-state index contributed by atoms with van der Waals surface area (Å²) in [6.45, 7) is 3.95. The second-order valence-electron chi connectivity index (χ2n) is 5.74. The maximum atomic E-state index is 11.6. The lowest BCUT2D eigenvalue weighted by atomic mass is 9.97. The van der Waals surface area contributed by atoms with Crippen LogP contribution in [0.2, 0.25) is 10.0 Å². The Morgan fingerprint density at radius 3 is 2.71 bits per heavy atom. The van der Waals surface area contributed by atoms with Crippen LogP contribution in [0.4, 0.5) is 0 Å². The van der Waals surface area contributed by atoms with Crippen molar-refractivity contribution in [1.82, 2.24) is 5.32 Å². The lowest BCUT2D eigenvalue weighted by Gasteiger charge is -2.28. The normalized spacial score (nSPS) is 25.5. The average Bonchev–Trinajstić information content (AvgIpc) is 2.77. The van der Waals surface area contributed by atoms with Gasteiger partial charge in [0.1, 0.15) is 5.54 Å². The summed E-state index contributed by atoms with van der Waals surface area (Å²) >= 11 is 13.6. The Labute approximate surface area is 139 Å². The van der Waals surface area contributed by atoms with Crippen molar-refractivity contribution in [1.29, 1.82) is 0 Å². The van der Waals surface area contributed by atoms with E-state index in [0.717, 1.165) is 11.3 Å². The summed E-state index contributed by atoms with van der Waals surface area (Å²) < 4.78 is 0. The molecule has 1 aliphatic carbocycles. The van der Waals surface area contributed by atoms with E-state index in [1.807, 2.05) is 26.0 Å². The zero-order valence-electron chi connectivity index (χ0n) is 12.0. The number of carbonyl (C=O) groups is 1. The van der Waals surface area contributed by atoms with Crippen LogP contribution in [0.5, 0.6) is 0 Å². The number of halogens is 2. The summed E-state index contributed by atoms with van der Waals surface area (Å²) in [5, 5.41) is 14.1. The highest BCUT2D eigenvalue weighted by Crippen LogP contribution is 2.41. The molecular formula is C15H19Cl2NO2S. The van der Waals surface area contributed by atoms with Gasteiger partial charge in [0.15, 0.2) is 0 Å². The highest BCUT2D eigenvalue weighted by atomic mass is 35.5. The quantitative estimate of drug-likeness (QED) is 0.825. The Hall–Kier alpha value is -0.420. The molecule has 1 aromatic rings. The predicted molar refractivity (Wildman–Crippen MR) is 88.6 cm³/mol. The lowest BCUT2D eigenvalue weighted by molar-refractivity contribution is -0.145. The highest BCUT2D eigenvalue weighted by molar-refractivity contribution is 8.00. The second-order valence-corrected chi connectivity index (χ2v) is 7.93. The molecule has 0 aromatic heterocycles. The minimum Gasteiger partial charge on any atom is -0.480 e. The lowest BCUT2D eigenvalue weighted by Crippen LogP contribution is -2.53. The first-order valence-electron chi connectivity index (χ1n) is 6.95. The maximum absolute atomic E-state index is 11.6. The number of hydrogen-bond acceptors (Lipinski definition) is 3. The molecular weight excluding hydrogens is 329 g/mol. The summed E-state index contributed by atoms with van der Waals surface area (Å²) in [4.78, 5) is 12.7. The molecule has 0 heterocycles. The fourth-order valence-corrected chi connectivity index (χ4v) is 4.47. The van der Waals surface area contributed by atoms with Gasteiger partial charge in [0.05, 0.1) is 10.0 Å². The van der Waals surface area contributed by atoms with Crippen LogP contribution in [-0.2, 0) is 4.79 Å². The summed E-state index contributed by atoms with van der Waals surface area (Å²) in [6.07, 6.45) is 2.14. The largest absolute Gasteiger partial charge is 0.480 e. The number of aliphatic carboxylic acids is 1. The number of nitrogens with one attached hydrogen (secondary N) is 1. The van der Waals surface area contributed by atoms with Crippen molar-refractivity contribution >= 4 is 40.9 Å². The first-order valence-corrected chi connectivity index (χ1v) is 8.59. The van der Waals surface area contributed by atoms with E-state index in [0.29, 0.717) is 22.9 Å². The Kier molecular flexibility index (Phi) is 5.47. The van der Waals surface area contributed by atoms with Gasteiger partial charge in [-0.3, -0.25) is 10.1 Å². The minimum atomic E-state index is -0.804. The van der Waals surface area contributed by atoms with E-state index >= 15 is 0 Å². The number of benzene rings is 1. The molecule has 1 fully saturated rings. The number of hydrogen-bond donors (Lipinski definition) is 2. The molecule has 0 aliphatic heterocycles. The molecule has 1 saturated carbocycles. The zero-order valence-corrected chi connectivity index (χ0v) is 14.4. The van der Waals surface area contributed by atoms with Gasteiger partial charge in [0.2, 0.25) is 0 Å². The van der Waals surface area contributed by atoms with Crippen LogP contribution in [0.15, 0.2) is 23.1 Å². The first kappa shape index (κ1) is 16.9. The first-order chi connectivity index (χ1) is 9.82. The molecule has 116 valence electrons. The van der Waals surface area contributed by atoms with Gasteiger partial charge < -0.3 is 5.11 Å². The average molecular weight is 348 g/mol. The fraction of sp³-hybridized carbons (Fsp3) is 0.533. The van der Waals surface area contributed by atoms with E-state index in [-0.39, 0.29) is 11.3 Å². The molecule has 2 unspecified atom stereocenters. The summed E-state index contributed by atoms with van der Waals surface area (Å²) in [6, 6.07) is 5.69. The second kappa shape index (κ2) is 6.78. The van der Waals surface area contributed by atoms with Gasteiger partial charge >= 0.3 is 5.97 Å². The number of carboxylic acid groups (broad SMARTS) is 1. The van der Waals surface area contributed by atoms with Gasteiger partial charge in [-0.1, -0.05) is 23.2 Å². The molecule has 2 rings (SSSR count). The molecule has 21 heavy (non-hydrogen) atoms. The molecule has 0 bridgehead atoms. The van der Waals surface area contributed by atoms with Gasteiger partial charge in [0.25, 0.3) is 0 Å². The van der Waals surface area contributed by atoms with Crippen molar-refractivity contribution in [3.8, 4) is 0 Å². The molecule has 3 nitrogen and oxygen atoms in total. The Morgan fingerprint density at radius 1 is 1.43 bits per heavy atom. The number of carboxylic acids is 1. The Bertz CT molecular complexity index is 538. The SMILES string of the molecule is CC(C)NC1(C(=O)O)CCC(Sc2ccc(Cl)c(Cl)c2)C1. The van der Waals surface area contributed by atoms with E-state index in [4.69, 9.17) is 23.2 Å². The third kappa shape index (κ3) is 4.07. The van der Waals surface area contributed by atoms with Crippen LogP contribution in [-0.4, -0.2) is 27.9 Å². The van der Waals surface area contributed by atoms with E-state index in [1.165, 1.54) is 0 Å². The van der Waals surface area contributed by atoms with E-state index < -0.39 is 11.5 Å². The maximum Gasteiger partial charge on any atom is 0.323 e. The highest BCUT2D eigenvalue weighted by Gasteiger charge is 2.45. The summed E-state index contributed by atoms with van der Waals surface area (Å²) in [5.41, 5.74) is -0.804. The Morgan fingerprint density at radius 2 is 2.14 bits per heavy atom. The summed E-state index contributed by atoms with van der Waals surface area (Å²) in [5.74, 6) is -0.756. The van der Waals surface area contributed by atoms with Crippen LogP contribution in [0.3, 0.4) is 0 Å². The van der Waals surface area contributed by atoms with Crippen LogP contribution < -0.4 is 5.32 Å². The van der Waals surface area contributed by atoms with Gasteiger partial charge in [0, 0.05) is 16.2 Å². The monoisotopic (exact) mass is 347 g/mol. The Balaban J connectivity index is 2.06. The molecule has 2 atom stereocenters. The smallest absolute Gasteiger partial charge is 0.323 e. The van der Waals surface area contributed by atoms with Crippen LogP contribution in [0, 0.1) is 0 Å². The van der Waals surface area contributed by atoms with Crippen molar-refractivity contribution in [2.24, 2.45) is 0 Å². The number of thioether (sulfide) groups is 1. The van der Waals surface area contributed by atoms with Crippen LogP contribution >= 0.6 is 35.0 Å². The topological polar surface area (TPSA) is 49.3 Å². The van der Waals surface area contributed by atoms with Crippen LogP contribution in [0.25, 0.3) is 0 Å². The molecule has 0 spiro atoms. The van der Waals surface area contributed by atoms with Gasteiger partial charge in [-0.2, -0.15) is 0 Å². The standard InChI is InChI=1S/C15H19Cl2NO2S/c1-9(2)18-15(14(19)20)6-5-11(8-15)21-10-3-4-12(16)13(17)7-10/h3-4,7,9,11,18H,5-6,8H2,1-2H3,(H,19,20). The molecule has 0 radical (unpaired) electrons. The van der Waals surface area contributed by atoms with Crippen LogP contribution in [0.1, 0.15) is 33.1 Å². The van der Waals surface area contributed by atoms with E-state index in [9.17, 15) is 9.90 Å². The third-order valence-corrected chi connectivity index (χ3v) is 5.64. The molecule has 0 saturated heterocycles. The molecule has 6 heteroatoms. The van der Waals surface area contributed by atoms with Gasteiger partial charge in [-0.15, -0.1) is 11.8 Å². The zero-order chi connectivity index (χ0) is 15.6. The molecule has 0 amide bonds. The van der Waals surface area contributed by atoms with Crippen molar-refractivity contribution in [3.63, 3.8) is 0 Å². The molecule has 2 N–H and O–H groups in total. The fourth-order valence-electron chi connectivity index (χ4n) is 2.78. The minimum absolute atomic E-state index is 0.148. The van der Waals surface area contributed by atoms with Gasteiger partial charge in [-0.05, 0) is 51.3 Å². The van der Waals surface area contributed by atoms with Crippen molar-refractivity contribution < 1.29 is 9.90 Å². The molecule has 1 aliphatic rings. The van der Waals surface area contributed by atoms with Gasteiger partial charge in [-0.25, -0.2) is 0 Å². The third-order valence-electron chi connectivity index (χ3n) is 3.64. The van der Waals surface area contributed by atoms with Crippen molar-refractivity contribution in [3.05, 3.63) is 28.2 Å². The summed E-state index contributed by atoms with van der Waals surface area (Å²) in [7, 11) is 0. The predicted octanol–water partition coefficient (Wildman–Crippen LogP) is 4.46. The van der Waals surface area contributed by atoms with E-state index in [2.05, 4.69) is 5.32 Å². The number of rotatable bonds is 5.